The molecule has 0 fully saturated rings. The van der Waals surface area contributed by atoms with Gasteiger partial charge in [0.25, 0.3) is 5.92 Å². The summed E-state index contributed by atoms with van der Waals surface area (Å²) in [5.41, 5.74) is 0.576. The molecule has 0 unspecified atom stereocenters. The van der Waals surface area contributed by atoms with Gasteiger partial charge < -0.3 is 5.32 Å². The van der Waals surface area contributed by atoms with Crippen LogP contribution < -0.4 is 5.32 Å². The summed E-state index contributed by atoms with van der Waals surface area (Å²) < 4.78 is 28.6. The third kappa shape index (κ3) is 3.67. The van der Waals surface area contributed by atoms with Crippen molar-refractivity contribution in [3.05, 3.63) is 63.6 Å². The maximum absolute atomic E-state index is 13.9. The van der Waals surface area contributed by atoms with Gasteiger partial charge in [0.2, 0.25) is 0 Å². The zero-order valence-corrected chi connectivity index (χ0v) is 12.2. The Bertz CT molecular complexity index is 561. The molecule has 1 nitrogen and oxygen atoms in total. The van der Waals surface area contributed by atoms with Gasteiger partial charge in [-0.15, -0.1) is 0 Å². The summed E-state index contributed by atoms with van der Waals surface area (Å²) in [7, 11) is 0. The van der Waals surface area contributed by atoms with E-state index in [0.717, 1.165) is 0 Å². The first kappa shape index (κ1) is 14.3. The highest BCUT2D eigenvalue weighted by Gasteiger charge is 2.31. The monoisotopic (exact) mass is 345 g/mol. The van der Waals surface area contributed by atoms with E-state index in [1.165, 1.54) is 12.1 Å². The van der Waals surface area contributed by atoms with Crippen LogP contribution in [-0.4, -0.2) is 6.54 Å². The molecule has 5 heteroatoms. The minimum atomic E-state index is -2.93. The Labute approximate surface area is 123 Å². The van der Waals surface area contributed by atoms with Gasteiger partial charge in [0, 0.05) is 20.7 Å². The molecule has 2 aromatic carbocycles. The SMILES string of the molecule is FC(F)(CNc1ccc(Cl)cc1Br)c1ccccc1. The molecular weight excluding hydrogens is 336 g/mol. The molecule has 0 amide bonds. The Morgan fingerprint density at radius 2 is 1.79 bits per heavy atom. The van der Waals surface area contributed by atoms with E-state index >= 15 is 0 Å². The first-order valence-electron chi connectivity index (χ1n) is 5.61. The minimum absolute atomic E-state index is 0.00686. The van der Waals surface area contributed by atoms with Crippen LogP contribution >= 0.6 is 27.5 Å². The largest absolute Gasteiger partial charge is 0.378 e. The predicted molar refractivity (Wildman–Crippen MR) is 78.0 cm³/mol. The second-order valence-electron chi connectivity index (χ2n) is 4.05. The Balaban J connectivity index is 2.09. The zero-order chi connectivity index (χ0) is 13.9. The van der Waals surface area contributed by atoms with Crippen molar-refractivity contribution in [2.75, 3.05) is 11.9 Å². The highest BCUT2D eigenvalue weighted by molar-refractivity contribution is 9.10. The predicted octanol–water partition coefficient (Wildman–Crippen LogP) is 5.31. The van der Waals surface area contributed by atoms with E-state index in [-0.39, 0.29) is 5.56 Å². The van der Waals surface area contributed by atoms with E-state index in [9.17, 15) is 8.78 Å². The second kappa shape index (κ2) is 5.88. The van der Waals surface area contributed by atoms with Crippen LogP contribution in [-0.2, 0) is 5.92 Å². The molecule has 0 aromatic heterocycles. The lowest BCUT2D eigenvalue weighted by Gasteiger charge is -2.18. The smallest absolute Gasteiger partial charge is 0.290 e. The quantitative estimate of drug-likeness (QED) is 0.791. The molecule has 0 radical (unpaired) electrons. The van der Waals surface area contributed by atoms with Gasteiger partial charge in [-0.1, -0.05) is 41.9 Å². The Morgan fingerprint density at radius 1 is 1.11 bits per heavy atom. The van der Waals surface area contributed by atoms with Crippen LogP contribution in [0.15, 0.2) is 53.0 Å². The van der Waals surface area contributed by atoms with Gasteiger partial charge in [-0.05, 0) is 34.1 Å². The molecule has 0 aliphatic heterocycles. The summed E-state index contributed by atoms with van der Waals surface area (Å²) in [6.07, 6.45) is 0. The van der Waals surface area contributed by atoms with E-state index in [1.54, 1.807) is 36.4 Å². The first-order valence-corrected chi connectivity index (χ1v) is 6.78. The normalized spacial score (nSPS) is 11.4. The maximum Gasteiger partial charge on any atom is 0.290 e. The van der Waals surface area contributed by atoms with Crippen molar-refractivity contribution >= 4 is 33.2 Å². The molecule has 2 rings (SSSR count). The molecule has 0 aliphatic rings. The van der Waals surface area contributed by atoms with Gasteiger partial charge in [-0.2, -0.15) is 8.78 Å². The van der Waals surface area contributed by atoms with Crippen molar-refractivity contribution in [3.63, 3.8) is 0 Å². The summed E-state index contributed by atoms with van der Waals surface area (Å²) in [5.74, 6) is -2.93. The number of rotatable bonds is 4. The van der Waals surface area contributed by atoms with E-state index in [1.807, 2.05) is 0 Å². The van der Waals surface area contributed by atoms with Crippen LogP contribution in [0, 0.1) is 0 Å². The van der Waals surface area contributed by atoms with Crippen molar-refractivity contribution in [2.24, 2.45) is 0 Å². The lowest BCUT2D eigenvalue weighted by atomic mass is 10.1. The lowest BCUT2D eigenvalue weighted by molar-refractivity contribution is 0.0106. The number of benzene rings is 2. The van der Waals surface area contributed by atoms with Crippen molar-refractivity contribution in [1.29, 1.82) is 0 Å². The average Bonchev–Trinajstić information content (AvgIpc) is 2.39. The first-order chi connectivity index (χ1) is 8.99. The number of anilines is 1. The van der Waals surface area contributed by atoms with Crippen molar-refractivity contribution in [1.82, 2.24) is 0 Å². The van der Waals surface area contributed by atoms with Crippen LogP contribution in [0.2, 0.25) is 5.02 Å². The van der Waals surface area contributed by atoms with E-state index in [0.29, 0.717) is 15.2 Å². The molecule has 19 heavy (non-hydrogen) atoms. The molecule has 2 aromatic rings. The van der Waals surface area contributed by atoms with Crippen molar-refractivity contribution < 1.29 is 8.78 Å². The molecular formula is C14H11BrClF2N. The lowest BCUT2D eigenvalue weighted by Crippen LogP contribution is -2.24. The summed E-state index contributed by atoms with van der Waals surface area (Å²) in [5, 5.41) is 3.27. The Hall–Kier alpha value is -1.13. The van der Waals surface area contributed by atoms with Gasteiger partial charge in [-0.3, -0.25) is 0 Å². The standard InChI is InChI=1S/C14H11BrClF2N/c15-12-8-11(16)6-7-13(12)19-9-14(17,18)10-4-2-1-3-5-10/h1-8,19H,9H2. The summed E-state index contributed by atoms with van der Waals surface area (Å²) in [4.78, 5) is 0. The van der Waals surface area contributed by atoms with E-state index in [4.69, 9.17) is 11.6 Å². The molecule has 0 spiro atoms. The van der Waals surface area contributed by atoms with E-state index in [2.05, 4.69) is 21.2 Å². The highest BCUT2D eigenvalue weighted by atomic mass is 79.9. The van der Waals surface area contributed by atoms with E-state index < -0.39 is 12.5 Å². The van der Waals surface area contributed by atoms with Gasteiger partial charge >= 0.3 is 0 Å². The minimum Gasteiger partial charge on any atom is -0.378 e. The maximum atomic E-state index is 13.9. The second-order valence-corrected chi connectivity index (χ2v) is 5.34. The zero-order valence-electron chi connectivity index (χ0n) is 9.84. The molecule has 0 saturated carbocycles. The number of nitrogens with one attached hydrogen (secondary N) is 1. The van der Waals surface area contributed by atoms with Gasteiger partial charge in [0.1, 0.15) is 0 Å². The van der Waals surface area contributed by atoms with Crippen LogP contribution in [0.4, 0.5) is 14.5 Å². The van der Waals surface area contributed by atoms with Gasteiger partial charge in [0.05, 0.1) is 6.54 Å². The fourth-order valence-corrected chi connectivity index (χ4v) is 2.45. The third-order valence-electron chi connectivity index (χ3n) is 2.63. The summed E-state index contributed by atoms with van der Waals surface area (Å²) in [6, 6.07) is 12.7. The van der Waals surface area contributed by atoms with Crippen LogP contribution in [0.5, 0.6) is 0 Å². The molecule has 0 saturated heterocycles. The molecule has 1 N–H and O–H groups in total. The molecule has 0 bridgehead atoms. The average molecular weight is 347 g/mol. The number of hydrogen-bond donors (Lipinski definition) is 1. The molecule has 0 atom stereocenters. The fraction of sp³-hybridized carbons (Fsp3) is 0.143. The Morgan fingerprint density at radius 3 is 2.42 bits per heavy atom. The summed E-state index contributed by atoms with van der Waals surface area (Å²) in [6.45, 7) is -0.475. The third-order valence-corrected chi connectivity index (χ3v) is 3.52. The topological polar surface area (TPSA) is 12.0 Å². The Kier molecular flexibility index (Phi) is 4.42. The number of hydrogen-bond acceptors (Lipinski definition) is 1. The molecule has 100 valence electrons. The van der Waals surface area contributed by atoms with Gasteiger partial charge in [0.15, 0.2) is 0 Å². The number of alkyl halides is 2. The molecule has 0 heterocycles. The van der Waals surface area contributed by atoms with Crippen molar-refractivity contribution in [3.8, 4) is 0 Å². The van der Waals surface area contributed by atoms with Crippen molar-refractivity contribution in [2.45, 2.75) is 5.92 Å². The number of halogens is 4. The summed E-state index contributed by atoms with van der Waals surface area (Å²) >= 11 is 9.08. The molecule has 0 aliphatic carbocycles. The van der Waals surface area contributed by atoms with Gasteiger partial charge in [-0.25, -0.2) is 0 Å². The van der Waals surface area contributed by atoms with Crippen LogP contribution in [0.3, 0.4) is 0 Å². The fourth-order valence-electron chi connectivity index (χ4n) is 1.62. The highest BCUT2D eigenvalue weighted by Crippen LogP contribution is 2.30. The van der Waals surface area contributed by atoms with Crippen LogP contribution in [0.25, 0.3) is 0 Å². The van der Waals surface area contributed by atoms with Crippen LogP contribution in [0.1, 0.15) is 5.56 Å².